The normalized spacial score (nSPS) is 12.3. The van der Waals surface area contributed by atoms with Crippen LogP contribution in [0.2, 0.25) is 0 Å². The molecule has 1 atom stereocenters. The molecule has 0 aliphatic rings. The molecule has 1 unspecified atom stereocenters. The molecule has 1 heterocycles. The summed E-state index contributed by atoms with van der Waals surface area (Å²) in [6, 6.07) is 5.62. The Morgan fingerprint density at radius 3 is 2.76 bits per heavy atom. The standard InChI is InChI=1S/C16H19FN2O2/c1-2-16(14-10-18-11-19-14)21-9-3-4-15(20)12-5-7-13(17)8-6-12/h5-8,10-11,16H,2-4,9H2,1H3,(H,18,19). The maximum atomic E-state index is 12.8. The summed E-state index contributed by atoms with van der Waals surface area (Å²) in [5, 5.41) is 0. The van der Waals surface area contributed by atoms with E-state index in [1.54, 1.807) is 6.33 Å². The summed E-state index contributed by atoms with van der Waals surface area (Å²) >= 11 is 0. The van der Waals surface area contributed by atoms with Crippen molar-refractivity contribution in [3.8, 4) is 0 Å². The predicted molar refractivity (Wildman–Crippen MR) is 77.5 cm³/mol. The van der Waals surface area contributed by atoms with E-state index in [2.05, 4.69) is 9.97 Å². The van der Waals surface area contributed by atoms with Crippen LogP contribution in [0.25, 0.3) is 0 Å². The Bertz CT molecular complexity index is 552. The Labute approximate surface area is 123 Å². The average Bonchev–Trinajstić information content (AvgIpc) is 3.02. The molecule has 0 amide bonds. The zero-order chi connectivity index (χ0) is 15.1. The number of imidazole rings is 1. The fourth-order valence-corrected chi connectivity index (χ4v) is 2.10. The van der Waals surface area contributed by atoms with Crippen molar-refractivity contribution in [2.45, 2.75) is 32.3 Å². The summed E-state index contributed by atoms with van der Waals surface area (Å²) in [6.07, 6.45) is 5.26. The zero-order valence-electron chi connectivity index (χ0n) is 12.0. The SMILES string of the molecule is CCC(OCCCC(=O)c1ccc(F)cc1)c1c[nH]cn1. The molecule has 112 valence electrons. The lowest BCUT2D eigenvalue weighted by molar-refractivity contribution is 0.0443. The highest BCUT2D eigenvalue weighted by Gasteiger charge is 2.12. The van der Waals surface area contributed by atoms with E-state index in [4.69, 9.17) is 4.74 Å². The molecule has 5 heteroatoms. The second-order valence-corrected chi connectivity index (χ2v) is 4.80. The topological polar surface area (TPSA) is 55.0 Å². The molecular weight excluding hydrogens is 271 g/mol. The smallest absolute Gasteiger partial charge is 0.162 e. The lowest BCUT2D eigenvalue weighted by atomic mass is 10.1. The van der Waals surface area contributed by atoms with Gasteiger partial charge in [0, 0.05) is 24.8 Å². The van der Waals surface area contributed by atoms with Gasteiger partial charge in [0.15, 0.2) is 5.78 Å². The lowest BCUT2D eigenvalue weighted by Crippen LogP contribution is -2.07. The first-order valence-corrected chi connectivity index (χ1v) is 7.09. The molecule has 0 saturated heterocycles. The highest BCUT2D eigenvalue weighted by atomic mass is 19.1. The van der Waals surface area contributed by atoms with Gasteiger partial charge in [0.05, 0.1) is 12.0 Å². The fraction of sp³-hybridized carbons (Fsp3) is 0.375. The second kappa shape index (κ2) is 7.69. The largest absolute Gasteiger partial charge is 0.372 e. The van der Waals surface area contributed by atoms with E-state index >= 15 is 0 Å². The number of ketones is 1. The maximum Gasteiger partial charge on any atom is 0.162 e. The third kappa shape index (κ3) is 4.49. The molecule has 1 N–H and O–H groups in total. The number of nitrogens with zero attached hydrogens (tertiary/aromatic N) is 1. The molecule has 1 aromatic carbocycles. The highest BCUT2D eigenvalue weighted by Crippen LogP contribution is 2.18. The van der Waals surface area contributed by atoms with Crippen LogP contribution in [0, 0.1) is 5.82 Å². The molecule has 21 heavy (non-hydrogen) atoms. The van der Waals surface area contributed by atoms with Crippen molar-refractivity contribution < 1.29 is 13.9 Å². The van der Waals surface area contributed by atoms with Crippen LogP contribution in [0.4, 0.5) is 4.39 Å². The monoisotopic (exact) mass is 290 g/mol. The molecule has 2 rings (SSSR count). The van der Waals surface area contributed by atoms with Gasteiger partial charge in [0.2, 0.25) is 0 Å². The number of ether oxygens (including phenoxy) is 1. The van der Waals surface area contributed by atoms with Gasteiger partial charge in [-0.3, -0.25) is 4.79 Å². The molecule has 0 saturated carbocycles. The van der Waals surface area contributed by atoms with Crippen molar-refractivity contribution >= 4 is 5.78 Å². The Hall–Kier alpha value is -2.01. The van der Waals surface area contributed by atoms with Gasteiger partial charge in [-0.05, 0) is 37.1 Å². The molecule has 0 aliphatic carbocycles. The van der Waals surface area contributed by atoms with Crippen molar-refractivity contribution in [3.05, 3.63) is 53.9 Å². The minimum absolute atomic E-state index is 0.00594. The minimum atomic E-state index is -0.334. The Kier molecular flexibility index (Phi) is 5.63. The quantitative estimate of drug-likeness (QED) is 0.596. The van der Waals surface area contributed by atoms with Crippen LogP contribution in [0.1, 0.15) is 48.3 Å². The van der Waals surface area contributed by atoms with Crippen LogP contribution in [0.5, 0.6) is 0 Å². The van der Waals surface area contributed by atoms with E-state index in [1.807, 2.05) is 13.1 Å². The van der Waals surface area contributed by atoms with Crippen molar-refractivity contribution in [1.82, 2.24) is 9.97 Å². The molecule has 1 aromatic heterocycles. The summed E-state index contributed by atoms with van der Waals surface area (Å²) in [6.45, 7) is 2.53. The van der Waals surface area contributed by atoms with Crippen LogP contribution in [0.15, 0.2) is 36.8 Å². The predicted octanol–water partition coefficient (Wildman–Crippen LogP) is 3.68. The van der Waals surface area contributed by atoms with E-state index < -0.39 is 0 Å². The number of H-pyrrole nitrogens is 1. The summed E-state index contributed by atoms with van der Waals surface area (Å²) < 4.78 is 18.5. The molecule has 0 bridgehead atoms. The number of hydrogen-bond donors (Lipinski definition) is 1. The summed E-state index contributed by atoms with van der Waals surface area (Å²) in [4.78, 5) is 19.0. The second-order valence-electron chi connectivity index (χ2n) is 4.80. The first kappa shape index (κ1) is 15.4. The molecule has 0 aliphatic heterocycles. The Morgan fingerprint density at radius 2 is 2.14 bits per heavy atom. The number of carbonyl (C=O) groups excluding carboxylic acids is 1. The van der Waals surface area contributed by atoms with Gasteiger partial charge in [0.1, 0.15) is 11.9 Å². The number of benzene rings is 1. The zero-order valence-corrected chi connectivity index (χ0v) is 12.0. The van der Waals surface area contributed by atoms with Crippen LogP contribution >= 0.6 is 0 Å². The Morgan fingerprint density at radius 1 is 1.38 bits per heavy atom. The van der Waals surface area contributed by atoms with Crippen molar-refractivity contribution in [2.75, 3.05) is 6.61 Å². The van der Waals surface area contributed by atoms with Crippen LogP contribution < -0.4 is 0 Å². The van der Waals surface area contributed by atoms with Crippen LogP contribution in [-0.4, -0.2) is 22.4 Å². The third-order valence-corrected chi connectivity index (χ3v) is 3.25. The molecule has 0 fully saturated rings. The van der Waals surface area contributed by atoms with Crippen molar-refractivity contribution in [1.29, 1.82) is 0 Å². The van der Waals surface area contributed by atoms with Gasteiger partial charge in [-0.15, -0.1) is 0 Å². The number of aromatic amines is 1. The number of Topliss-reactive ketones (excluding diaryl/α,β-unsaturated/α-hetero) is 1. The molecule has 0 radical (unpaired) electrons. The number of aromatic nitrogens is 2. The number of hydrogen-bond acceptors (Lipinski definition) is 3. The number of carbonyl (C=O) groups is 1. The number of nitrogens with one attached hydrogen (secondary N) is 1. The van der Waals surface area contributed by atoms with Crippen LogP contribution in [0.3, 0.4) is 0 Å². The first-order valence-electron chi connectivity index (χ1n) is 7.09. The van der Waals surface area contributed by atoms with E-state index in [0.717, 1.165) is 12.1 Å². The minimum Gasteiger partial charge on any atom is -0.372 e. The van der Waals surface area contributed by atoms with E-state index in [1.165, 1.54) is 24.3 Å². The lowest BCUT2D eigenvalue weighted by Gasteiger charge is -2.13. The molecule has 2 aromatic rings. The number of halogens is 1. The van der Waals surface area contributed by atoms with Gasteiger partial charge < -0.3 is 9.72 Å². The average molecular weight is 290 g/mol. The summed E-state index contributed by atoms with van der Waals surface area (Å²) in [5.74, 6) is -0.328. The highest BCUT2D eigenvalue weighted by molar-refractivity contribution is 5.95. The van der Waals surface area contributed by atoms with E-state index in [0.29, 0.717) is 25.0 Å². The number of rotatable bonds is 8. The maximum absolute atomic E-state index is 12.8. The van der Waals surface area contributed by atoms with Gasteiger partial charge in [-0.1, -0.05) is 6.92 Å². The molecular formula is C16H19FN2O2. The van der Waals surface area contributed by atoms with Gasteiger partial charge >= 0.3 is 0 Å². The van der Waals surface area contributed by atoms with Gasteiger partial charge in [0.25, 0.3) is 0 Å². The van der Waals surface area contributed by atoms with E-state index in [-0.39, 0.29) is 17.7 Å². The summed E-state index contributed by atoms with van der Waals surface area (Å²) in [5.41, 5.74) is 1.41. The van der Waals surface area contributed by atoms with Gasteiger partial charge in [-0.2, -0.15) is 0 Å². The Balaban J connectivity index is 1.74. The summed E-state index contributed by atoms with van der Waals surface area (Å²) in [7, 11) is 0. The fourth-order valence-electron chi connectivity index (χ4n) is 2.10. The van der Waals surface area contributed by atoms with Crippen molar-refractivity contribution in [2.24, 2.45) is 0 Å². The van der Waals surface area contributed by atoms with Crippen LogP contribution in [-0.2, 0) is 4.74 Å². The third-order valence-electron chi connectivity index (χ3n) is 3.25. The first-order chi connectivity index (χ1) is 10.2. The van der Waals surface area contributed by atoms with Gasteiger partial charge in [-0.25, -0.2) is 9.37 Å². The van der Waals surface area contributed by atoms with Crippen molar-refractivity contribution in [3.63, 3.8) is 0 Å². The van der Waals surface area contributed by atoms with E-state index in [9.17, 15) is 9.18 Å². The molecule has 0 spiro atoms. The molecule has 4 nitrogen and oxygen atoms in total.